The fraction of sp³-hybridized carbons (Fsp3) is 0.533. The van der Waals surface area contributed by atoms with Crippen LogP contribution in [0.4, 0.5) is 0 Å². The zero-order valence-corrected chi connectivity index (χ0v) is 13.7. The molecule has 2 rings (SSSR count). The van der Waals surface area contributed by atoms with E-state index in [-0.39, 0.29) is 5.91 Å². The normalized spacial score (nSPS) is 16.9. The number of hydrogen-bond acceptors (Lipinski definition) is 3. The van der Waals surface area contributed by atoms with E-state index in [0.29, 0.717) is 6.54 Å². The number of rotatable bonds is 4. The summed E-state index contributed by atoms with van der Waals surface area (Å²) in [5.74, 6) is 0.0788. The predicted molar refractivity (Wildman–Crippen MR) is 84.5 cm³/mol. The minimum Gasteiger partial charge on any atom is -0.350 e. The lowest BCUT2D eigenvalue weighted by atomic mass is 10.0. The molecule has 110 valence electrons. The lowest BCUT2D eigenvalue weighted by Crippen LogP contribution is -2.59. The van der Waals surface area contributed by atoms with Gasteiger partial charge in [0.05, 0.1) is 5.54 Å². The summed E-state index contributed by atoms with van der Waals surface area (Å²) in [7, 11) is 0. The van der Waals surface area contributed by atoms with Crippen molar-refractivity contribution in [1.82, 2.24) is 15.5 Å². The molecule has 0 radical (unpaired) electrons. The monoisotopic (exact) mass is 339 g/mol. The first-order valence-electron chi connectivity index (χ1n) is 6.99. The van der Waals surface area contributed by atoms with E-state index >= 15 is 0 Å². The summed E-state index contributed by atoms with van der Waals surface area (Å²) in [5, 5.41) is 6.36. The molecular weight excluding hydrogens is 318 g/mol. The second-order valence-corrected chi connectivity index (χ2v) is 6.42. The van der Waals surface area contributed by atoms with Gasteiger partial charge in [-0.15, -0.1) is 0 Å². The number of benzene rings is 1. The van der Waals surface area contributed by atoms with E-state index in [1.165, 1.54) is 0 Å². The van der Waals surface area contributed by atoms with E-state index < -0.39 is 5.54 Å². The Hall–Kier alpha value is -0.910. The SMILES string of the molecule is CC(C)(C(=O)NCc1ccccc1Br)N1CCNCC1. The Kier molecular flexibility index (Phi) is 5.18. The van der Waals surface area contributed by atoms with Crippen LogP contribution in [0.5, 0.6) is 0 Å². The number of nitrogens with zero attached hydrogens (tertiary/aromatic N) is 1. The van der Waals surface area contributed by atoms with E-state index in [9.17, 15) is 4.79 Å². The Morgan fingerprint density at radius 3 is 2.65 bits per heavy atom. The molecule has 1 aromatic carbocycles. The summed E-state index contributed by atoms with van der Waals surface area (Å²) in [6, 6.07) is 7.96. The Morgan fingerprint density at radius 1 is 1.35 bits per heavy atom. The highest BCUT2D eigenvalue weighted by atomic mass is 79.9. The molecule has 5 heteroatoms. The van der Waals surface area contributed by atoms with Gasteiger partial charge in [0.15, 0.2) is 0 Å². The molecule has 0 spiro atoms. The van der Waals surface area contributed by atoms with Crippen LogP contribution in [0.15, 0.2) is 28.7 Å². The molecule has 0 saturated carbocycles. The number of piperazine rings is 1. The summed E-state index contributed by atoms with van der Waals surface area (Å²) in [6.07, 6.45) is 0. The number of nitrogens with one attached hydrogen (secondary N) is 2. The van der Waals surface area contributed by atoms with Crippen molar-refractivity contribution in [3.63, 3.8) is 0 Å². The maximum Gasteiger partial charge on any atom is 0.240 e. The quantitative estimate of drug-likeness (QED) is 0.878. The van der Waals surface area contributed by atoms with E-state index in [2.05, 4.69) is 31.5 Å². The van der Waals surface area contributed by atoms with Gasteiger partial charge >= 0.3 is 0 Å². The second kappa shape index (κ2) is 6.70. The lowest BCUT2D eigenvalue weighted by molar-refractivity contribution is -0.132. The molecule has 20 heavy (non-hydrogen) atoms. The fourth-order valence-corrected chi connectivity index (χ4v) is 2.83. The van der Waals surface area contributed by atoms with Gasteiger partial charge in [0, 0.05) is 37.2 Å². The summed E-state index contributed by atoms with van der Waals surface area (Å²) >= 11 is 3.50. The second-order valence-electron chi connectivity index (χ2n) is 5.57. The Bertz CT molecular complexity index is 470. The van der Waals surface area contributed by atoms with Crippen LogP contribution in [0, 0.1) is 0 Å². The minimum atomic E-state index is -0.469. The van der Waals surface area contributed by atoms with Crippen LogP contribution in [0.25, 0.3) is 0 Å². The molecule has 2 N–H and O–H groups in total. The molecule has 0 atom stereocenters. The predicted octanol–water partition coefficient (Wildman–Crippen LogP) is 1.75. The van der Waals surface area contributed by atoms with Gasteiger partial charge in [-0.2, -0.15) is 0 Å². The van der Waals surface area contributed by atoms with Crippen molar-refractivity contribution >= 4 is 21.8 Å². The molecule has 0 aromatic heterocycles. The van der Waals surface area contributed by atoms with Gasteiger partial charge in [0.25, 0.3) is 0 Å². The number of carbonyl (C=O) groups is 1. The van der Waals surface area contributed by atoms with Gasteiger partial charge in [-0.3, -0.25) is 9.69 Å². The molecule has 0 bridgehead atoms. The summed E-state index contributed by atoms with van der Waals surface area (Å²) in [4.78, 5) is 14.7. The third kappa shape index (κ3) is 3.59. The molecule has 0 unspecified atom stereocenters. The number of amides is 1. The van der Waals surface area contributed by atoms with Crippen molar-refractivity contribution in [3.8, 4) is 0 Å². The highest BCUT2D eigenvalue weighted by Gasteiger charge is 2.34. The first-order chi connectivity index (χ1) is 9.51. The van der Waals surface area contributed by atoms with Gasteiger partial charge in [-0.25, -0.2) is 0 Å². The van der Waals surface area contributed by atoms with E-state index in [0.717, 1.165) is 36.2 Å². The molecule has 1 saturated heterocycles. The van der Waals surface area contributed by atoms with Gasteiger partial charge in [-0.05, 0) is 25.5 Å². The van der Waals surface area contributed by atoms with Crippen molar-refractivity contribution in [3.05, 3.63) is 34.3 Å². The van der Waals surface area contributed by atoms with Crippen LogP contribution in [-0.2, 0) is 11.3 Å². The first-order valence-corrected chi connectivity index (χ1v) is 7.78. The van der Waals surface area contributed by atoms with Crippen LogP contribution < -0.4 is 10.6 Å². The van der Waals surface area contributed by atoms with Crippen LogP contribution in [0.3, 0.4) is 0 Å². The Balaban J connectivity index is 1.95. The highest BCUT2D eigenvalue weighted by Crippen LogP contribution is 2.18. The summed E-state index contributed by atoms with van der Waals surface area (Å²) < 4.78 is 1.03. The number of halogens is 1. The summed E-state index contributed by atoms with van der Waals surface area (Å²) in [6.45, 7) is 8.25. The zero-order chi connectivity index (χ0) is 14.6. The topological polar surface area (TPSA) is 44.4 Å². The van der Waals surface area contributed by atoms with Gasteiger partial charge in [0.2, 0.25) is 5.91 Å². The Morgan fingerprint density at radius 2 is 2.00 bits per heavy atom. The largest absolute Gasteiger partial charge is 0.350 e. The lowest BCUT2D eigenvalue weighted by Gasteiger charge is -2.39. The van der Waals surface area contributed by atoms with Crippen molar-refractivity contribution in [1.29, 1.82) is 0 Å². The third-order valence-electron chi connectivity index (χ3n) is 3.86. The van der Waals surface area contributed by atoms with Crippen molar-refractivity contribution in [2.24, 2.45) is 0 Å². The van der Waals surface area contributed by atoms with Crippen molar-refractivity contribution < 1.29 is 4.79 Å². The molecule has 4 nitrogen and oxygen atoms in total. The number of hydrogen-bond donors (Lipinski definition) is 2. The molecule has 1 aliphatic rings. The highest BCUT2D eigenvalue weighted by molar-refractivity contribution is 9.10. The van der Waals surface area contributed by atoms with E-state index in [1.807, 2.05) is 38.1 Å². The maximum atomic E-state index is 12.5. The molecule has 1 aliphatic heterocycles. The molecular formula is C15H22BrN3O. The molecule has 1 fully saturated rings. The summed E-state index contributed by atoms with van der Waals surface area (Å²) in [5.41, 5.74) is 0.626. The van der Waals surface area contributed by atoms with E-state index in [1.54, 1.807) is 0 Å². The van der Waals surface area contributed by atoms with E-state index in [4.69, 9.17) is 0 Å². The van der Waals surface area contributed by atoms with Gasteiger partial charge < -0.3 is 10.6 Å². The molecule has 1 heterocycles. The van der Waals surface area contributed by atoms with Crippen LogP contribution >= 0.6 is 15.9 Å². The average Bonchev–Trinajstić information content (AvgIpc) is 2.47. The fourth-order valence-electron chi connectivity index (χ4n) is 2.40. The van der Waals surface area contributed by atoms with Crippen LogP contribution in [-0.4, -0.2) is 42.5 Å². The van der Waals surface area contributed by atoms with Crippen molar-refractivity contribution in [2.75, 3.05) is 26.2 Å². The van der Waals surface area contributed by atoms with Crippen LogP contribution in [0.1, 0.15) is 19.4 Å². The zero-order valence-electron chi connectivity index (χ0n) is 12.1. The van der Waals surface area contributed by atoms with Crippen molar-refractivity contribution in [2.45, 2.75) is 25.9 Å². The average molecular weight is 340 g/mol. The molecule has 1 aromatic rings. The molecule has 0 aliphatic carbocycles. The number of carbonyl (C=O) groups excluding carboxylic acids is 1. The maximum absolute atomic E-state index is 12.5. The minimum absolute atomic E-state index is 0.0788. The van der Waals surface area contributed by atoms with Gasteiger partial charge in [0.1, 0.15) is 0 Å². The van der Waals surface area contributed by atoms with Crippen LogP contribution in [0.2, 0.25) is 0 Å². The van der Waals surface area contributed by atoms with Gasteiger partial charge in [-0.1, -0.05) is 34.1 Å². The third-order valence-corrected chi connectivity index (χ3v) is 4.63. The standard InChI is InChI=1S/C15H22BrN3O/c1-15(2,19-9-7-17-8-10-19)14(20)18-11-12-5-3-4-6-13(12)16/h3-6,17H,7-11H2,1-2H3,(H,18,20). The first kappa shape index (κ1) is 15.5. The Labute approximate surface area is 129 Å². The molecule has 1 amide bonds. The smallest absolute Gasteiger partial charge is 0.240 e.